The van der Waals surface area contributed by atoms with Crippen molar-refractivity contribution < 1.29 is 23.5 Å². The quantitative estimate of drug-likeness (QED) is 0.303. The van der Waals surface area contributed by atoms with E-state index in [2.05, 4.69) is 15.6 Å². The predicted molar refractivity (Wildman–Crippen MR) is 178 cm³/mol. The molecule has 10 nitrogen and oxygen atoms in total. The summed E-state index contributed by atoms with van der Waals surface area (Å²) in [6, 6.07) is 15.2. The molecule has 3 amide bonds. The first-order chi connectivity index (χ1) is 22.4. The summed E-state index contributed by atoms with van der Waals surface area (Å²) < 4.78 is 18.9. The molecular weight excluding hydrogens is 601 g/mol. The van der Waals surface area contributed by atoms with Gasteiger partial charge in [0, 0.05) is 36.7 Å². The summed E-state index contributed by atoms with van der Waals surface area (Å²) in [5, 5.41) is 6.32. The van der Waals surface area contributed by atoms with Crippen molar-refractivity contribution in [3.8, 4) is 0 Å². The molecule has 0 spiro atoms. The number of carbonyl (C=O) groups excluding carboxylic acids is 3. The van der Waals surface area contributed by atoms with Gasteiger partial charge >= 0.3 is 6.09 Å². The van der Waals surface area contributed by atoms with Gasteiger partial charge in [0.2, 0.25) is 11.8 Å². The summed E-state index contributed by atoms with van der Waals surface area (Å²) in [7, 11) is 1.50. The Labute approximate surface area is 274 Å². The maximum absolute atomic E-state index is 14.4. The number of carbonyl (C=O) groups is 3. The number of aromatic amines is 1. The molecule has 0 unspecified atom stereocenters. The minimum absolute atomic E-state index is 0.0740. The highest BCUT2D eigenvalue weighted by molar-refractivity contribution is 6.01. The van der Waals surface area contributed by atoms with Gasteiger partial charge in [0.15, 0.2) is 0 Å². The number of likely N-dealkylation sites (N-methyl/N-ethyl adjacent to an activating group) is 1. The van der Waals surface area contributed by atoms with Gasteiger partial charge in [0.25, 0.3) is 5.56 Å². The van der Waals surface area contributed by atoms with Crippen molar-refractivity contribution in [3.63, 3.8) is 0 Å². The van der Waals surface area contributed by atoms with Crippen LogP contribution in [-0.2, 0) is 32.8 Å². The first-order valence-corrected chi connectivity index (χ1v) is 16.2. The maximum atomic E-state index is 14.4. The zero-order valence-corrected chi connectivity index (χ0v) is 27.5. The summed E-state index contributed by atoms with van der Waals surface area (Å²) in [5.41, 5.74) is 2.49. The topological polar surface area (TPSA) is 124 Å². The second-order valence-electron chi connectivity index (χ2n) is 13.3. The highest BCUT2D eigenvalue weighted by atomic mass is 19.1. The molecule has 1 saturated heterocycles. The van der Waals surface area contributed by atoms with Crippen molar-refractivity contribution in [3.05, 3.63) is 99.2 Å². The van der Waals surface area contributed by atoms with Crippen LogP contribution in [0.4, 0.5) is 14.9 Å². The summed E-state index contributed by atoms with van der Waals surface area (Å²) in [6.07, 6.45) is 1.81. The SMILES string of the molecule is C[C@@H](C(=O)N[C@@H](CC1CCNCC1)C(=O)N1CC(C)(C)c2[nH]c(=O)c(Cc3ccc(F)cc3)cc21)N(C)C(=O)OCc1ccccc1. The first kappa shape index (κ1) is 33.8. The molecule has 0 aliphatic carbocycles. The number of hydrogen-bond acceptors (Lipinski definition) is 6. The van der Waals surface area contributed by atoms with Gasteiger partial charge in [0.1, 0.15) is 24.5 Å². The summed E-state index contributed by atoms with van der Waals surface area (Å²) >= 11 is 0. The van der Waals surface area contributed by atoms with E-state index in [-0.39, 0.29) is 36.2 Å². The average molecular weight is 646 g/mol. The molecule has 3 heterocycles. The number of halogens is 1. The fourth-order valence-electron chi connectivity index (χ4n) is 6.31. The number of benzene rings is 2. The number of amides is 3. The van der Waals surface area contributed by atoms with Crippen molar-refractivity contribution >= 4 is 23.6 Å². The van der Waals surface area contributed by atoms with Crippen LogP contribution in [0.15, 0.2) is 65.5 Å². The molecule has 3 aromatic rings. The number of rotatable bonds is 10. The Morgan fingerprint density at radius 3 is 2.43 bits per heavy atom. The van der Waals surface area contributed by atoms with Crippen molar-refractivity contribution in [2.24, 2.45) is 5.92 Å². The van der Waals surface area contributed by atoms with E-state index in [9.17, 15) is 23.6 Å². The van der Waals surface area contributed by atoms with Crippen LogP contribution in [0.25, 0.3) is 0 Å². The molecule has 1 aromatic heterocycles. The number of piperidine rings is 1. The largest absolute Gasteiger partial charge is 0.445 e. The fourth-order valence-corrected chi connectivity index (χ4v) is 6.31. The van der Waals surface area contributed by atoms with E-state index in [0.717, 1.165) is 37.1 Å². The Kier molecular flexibility index (Phi) is 10.4. The minimum atomic E-state index is -0.900. The van der Waals surface area contributed by atoms with E-state index < -0.39 is 29.5 Å². The van der Waals surface area contributed by atoms with Gasteiger partial charge in [0.05, 0.1) is 5.69 Å². The zero-order valence-electron chi connectivity index (χ0n) is 27.5. The van der Waals surface area contributed by atoms with Crippen LogP contribution in [0.1, 0.15) is 62.4 Å². The molecule has 0 bridgehead atoms. The number of hydrogen-bond donors (Lipinski definition) is 3. The average Bonchev–Trinajstić information content (AvgIpc) is 3.33. The van der Waals surface area contributed by atoms with Crippen molar-refractivity contribution in [2.75, 3.05) is 31.6 Å². The van der Waals surface area contributed by atoms with Gasteiger partial charge in [-0.15, -0.1) is 0 Å². The number of nitrogens with one attached hydrogen (secondary N) is 3. The Hall–Kier alpha value is -4.51. The van der Waals surface area contributed by atoms with Crippen LogP contribution in [0.3, 0.4) is 0 Å². The standard InChI is InChI=1S/C36H44FN5O5/c1-23(41(4)35(46)47-21-26-8-6-5-7-9-26)32(43)39-29(19-25-14-16-38-17-15-25)34(45)42-22-36(2,3)31-30(42)20-27(33(44)40-31)18-24-10-12-28(37)13-11-24/h5-13,20,23,25,29,38H,14-19,21-22H2,1-4H3,(H,39,43)(H,40,44)/t23-,29-/m0/s1. The van der Waals surface area contributed by atoms with E-state index in [1.54, 1.807) is 30.0 Å². The van der Waals surface area contributed by atoms with Gasteiger partial charge in [-0.05, 0) is 74.5 Å². The number of nitrogens with zero attached hydrogens (tertiary/aromatic N) is 2. The monoisotopic (exact) mass is 645 g/mol. The van der Waals surface area contributed by atoms with Crippen LogP contribution >= 0.6 is 0 Å². The van der Waals surface area contributed by atoms with Gasteiger partial charge in [-0.2, -0.15) is 0 Å². The van der Waals surface area contributed by atoms with Gasteiger partial charge in [-0.1, -0.05) is 56.3 Å². The molecule has 0 saturated carbocycles. The number of fused-ring (bicyclic) bond motifs is 1. The zero-order chi connectivity index (χ0) is 33.7. The van der Waals surface area contributed by atoms with Gasteiger partial charge < -0.3 is 25.3 Å². The molecule has 47 heavy (non-hydrogen) atoms. The van der Waals surface area contributed by atoms with Crippen molar-refractivity contribution in [2.45, 2.75) is 70.6 Å². The lowest BCUT2D eigenvalue weighted by Gasteiger charge is -2.32. The normalized spacial score (nSPS) is 17.0. The van der Waals surface area contributed by atoms with E-state index in [1.165, 1.54) is 24.1 Å². The van der Waals surface area contributed by atoms with Crippen molar-refractivity contribution in [1.82, 2.24) is 20.5 Å². The highest BCUT2D eigenvalue weighted by Crippen LogP contribution is 2.39. The molecule has 11 heteroatoms. The Morgan fingerprint density at radius 2 is 1.74 bits per heavy atom. The predicted octanol–water partition coefficient (Wildman–Crippen LogP) is 4.26. The molecule has 0 radical (unpaired) electrons. The summed E-state index contributed by atoms with van der Waals surface area (Å²) in [4.78, 5) is 59.9. The molecular formula is C36H44FN5O5. The second-order valence-corrected chi connectivity index (χ2v) is 13.3. The molecule has 1 fully saturated rings. The molecule has 2 aliphatic rings. The number of aromatic nitrogens is 1. The number of anilines is 1. The smallest absolute Gasteiger partial charge is 0.410 e. The lowest BCUT2D eigenvalue weighted by atomic mass is 9.90. The second kappa shape index (κ2) is 14.5. The van der Waals surface area contributed by atoms with E-state index in [4.69, 9.17) is 4.74 Å². The molecule has 2 aromatic carbocycles. The first-order valence-electron chi connectivity index (χ1n) is 16.2. The molecule has 2 aliphatic heterocycles. The third-order valence-corrected chi connectivity index (χ3v) is 9.29. The van der Waals surface area contributed by atoms with Crippen LogP contribution in [0, 0.1) is 11.7 Å². The molecule has 5 rings (SSSR count). The van der Waals surface area contributed by atoms with E-state index in [0.29, 0.717) is 29.9 Å². The number of ether oxygens (including phenoxy) is 1. The van der Waals surface area contributed by atoms with Crippen LogP contribution in [0.2, 0.25) is 0 Å². The lowest BCUT2D eigenvalue weighted by Crippen LogP contribution is -2.55. The third kappa shape index (κ3) is 8.08. The lowest BCUT2D eigenvalue weighted by molar-refractivity contribution is -0.130. The van der Waals surface area contributed by atoms with Crippen molar-refractivity contribution in [1.29, 1.82) is 0 Å². The van der Waals surface area contributed by atoms with Crippen LogP contribution in [0.5, 0.6) is 0 Å². The van der Waals surface area contributed by atoms with Gasteiger partial charge in [-0.3, -0.25) is 19.3 Å². The van der Waals surface area contributed by atoms with Crippen LogP contribution < -0.4 is 21.1 Å². The number of H-pyrrole nitrogens is 1. The van der Waals surface area contributed by atoms with E-state index >= 15 is 0 Å². The minimum Gasteiger partial charge on any atom is -0.445 e. The Bertz CT molecular complexity index is 1640. The van der Waals surface area contributed by atoms with E-state index in [1.807, 2.05) is 44.2 Å². The molecule has 2 atom stereocenters. The number of pyridine rings is 1. The van der Waals surface area contributed by atoms with Crippen LogP contribution in [-0.4, -0.2) is 66.6 Å². The Morgan fingerprint density at radius 1 is 1.06 bits per heavy atom. The third-order valence-electron chi connectivity index (χ3n) is 9.29. The fraction of sp³-hybridized carbons (Fsp3) is 0.444. The highest BCUT2D eigenvalue weighted by Gasteiger charge is 2.42. The van der Waals surface area contributed by atoms with Gasteiger partial charge in [-0.25, -0.2) is 9.18 Å². The maximum Gasteiger partial charge on any atom is 0.410 e. The molecule has 250 valence electrons. The summed E-state index contributed by atoms with van der Waals surface area (Å²) in [6.45, 7) is 7.59. The Balaban J connectivity index is 1.36. The molecule has 3 N–H and O–H groups in total. The summed E-state index contributed by atoms with van der Waals surface area (Å²) in [5.74, 6) is -0.880.